The van der Waals surface area contributed by atoms with Crippen LogP contribution in [0.2, 0.25) is 0 Å². The first kappa shape index (κ1) is 14.1. The van der Waals surface area contributed by atoms with E-state index in [2.05, 4.69) is 6.58 Å². The van der Waals surface area contributed by atoms with Crippen LogP contribution in [0.15, 0.2) is 12.7 Å². The van der Waals surface area contributed by atoms with Gasteiger partial charge in [-0.2, -0.15) is 0 Å². The fourth-order valence-corrected chi connectivity index (χ4v) is 1.89. The highest BCUT2D eigenvalue weighted by atomic mass is 19.3. The van der Waals surface area contributed by atoms with Crippen molar-refractivity contribution in [1.82, 2.24) is 0 Å². The highest BCUT2D eigenvalue weighted by molar-refractivity contribution is 5.84. The number of ether oxygens (including phenoxy) is 1. The van der Waals surface area contributed by atoms with Crippen molar-refractivity contribution in [2.75, 3.05) is 6.61 Å². The van der Waals surface area contributed by atoms with E-state index in [9.17, 15) is 13.6 Å². The van der Waals surface area contributed by atoms with E-state index in [1.54, 1.807) is 6.92 Å². The second kappa shape index (κ2) is 5.12. The van der Waals surface area contributed by atoms with Gasteiger partial charge in [0.25, 0.3) is 0 Å². The number of halogens is 2. The number of carbonyl (C=O) groups excluding carboxylic acids is 1. The van der Waals surface area contributed by atoms with Gasteiger partial charge < -0.3 is 10.5 Å². The Morgan fingerprint density at radius 2 is 2.35 bits per heavy atom. The molecule has 0 aromatic heterocycles. The molecule has 2 N–H and O–H groups in total. The maximum atomic E-state index is 13.4. The molecule has 0 amide bonds. The molecule has 3 nitrogen and oxygen atoms in total. The predicted octanol–water partition coefficient (Wildman–Crippen LogP) is 2.26. The van der Waals surface area contributed by atoms with Gasteiger partial charge in [0.2, 0.25) is 5.92 Å². The number of hydrogen-bond acceptors (Lipinski definition) is 3. The molecule has 0 aromatic rings. The molecule has 2 atom stereocenters. The van der Waals surface area contributed by atoms with Crippen molar-refractivity contribution in [3.05, 3.63) is 12.7 Å². The molecule has 1 aliphatic rings. The number of alkyl halides is 2. The SMILES string of the molecule is C=CCCC(F)(F)CC1C[C@]1(N)C(=O)OCC. The smallest absolute Gasteiger partial charge is 0.326 e. The molecule has 0 aromatic carbocycles. The summed E-state index contributed by atoms with van der Waals surface area (Å²) in [4.78, 5) is 11.4. The van der Waals surface area contributed by atoms with Gasteiger partial charge in [0.1, 0.15) is 5.54 Å². The van der Waals surface area contributed by atoms with E-state index in [-0.39, 0.29) is 32.3 Å². The lowest BCUT2D eigenvalue weighted by atomic mass is 10.0. The van der Waals surface area contributed by atoms with Gasteiger partial charge in [0, 0.05) is 12.8 Å². The van der Waals surface area contributed by atoms with Crippen LogP contribution in [0.25, 0.3) is 0 Å². The quantitative estimate of drug-likeness (QED) is 0.554. The molecule has 1 unspecified atom stereocenters. The number of hydrogen-bond donors (Lipinski definition) is 1. The second-order valence-electron chi connectivity index (χ2n) is 4.55. The summed E-state index contributed by atoms with van der Waals surface area (Å²) in [5.74, 6) is -3.82. The Balaban J connectivity index is 2.45. The minimum absolute atomic E-state index is 0.220. The Morgan fingerprint density at radius 1 is 1.71 bits per heavy atom. The third-order valence-electron chi connectivity index (χ3n) is 3.07. The third kappa shape index (κ3) is 3.49. The molecule has 1 saturated carbocycles. The van der Waals surface area contributed by atoms with Crippen molar-refractivity contribution >= 4 is 5.97 Å². The first-order chi connectivity index (χ1) is 7.85. The summed E-state index contributed by atoms with van der Waals surface area (Å²) < 4.78 is 31.6. The van der Waals surface area contributed by atoms with Crippen LogP contribution >= 0.6 is 0 Å². The molecule has 98 valence electrons. The molecule has 1 fully saturated rings. The van der Waals surface area contributed by atoms with Crippen molar-refractivity contribution in [2.45, 2.75) is 44.1 Å². The van der Waals surface area contributed by atoms with E-state index in [1.165, 1.54) is 6.08 Å². The Labute approximate surface area is 100 Å². The maximum absolute atomic E-state index is 13.4. The standard InChI is InChI=1S/C12H19F2NO2/c1-3-5-6-11(13,14)7-9-8-12(9,15)10(16)17-4-2/h3,9H,1,4-8,15H2,2H3/t9?,12-/m1/s1. The molecule has 5 heteroatoms. The second-order valence-corrected chi connectivity index (χ2v) is 4.55. The maximum Gasteiger partial charge on any atom is 0.326 e. The number of allylic oxidation sites excluding steroid dienone is 1. The zero-order chi connectivity index (χ0) is 13.1. The van der Waals surface area contributed by atoms with Gasteiger partial charge in [-0.05, 0) is 25.7 Å². The van der Waals surface area contributed by atoms with Crippen LogP contribution in [-0.4, -0.2) is 24.0 Å². The van der Waals surface area contributed by atoms with Crippen LogP contribution in [0.4, 0.5) is 8.78 Å². The summed E-state index contributed by atoms with van der Waals surface area (Å²) in [6.07, 6.45) is 1.41. The Bertz CT molecular complexity index is 307. The fraction of sp³-hybridized carbons (Fsp3) is 0.750. The normalized spacial score (nSPS) is 27.6. The van der Waals surface area contributed by atoms with E-state index >= 15 is 0 Å². The Kier molecular flexibility index (Phi) is 4.25. The summed E-state index contributed by atoms with van der Waals surface area (Å²) in [5.41, 5.74) is 4.54. The molecule has 0 aliphatic heterocycles. The lowest BCUT2D eigenvalue weighted by molar-refractivity contribution is -0.146. The highest BCUT2D eigenvalue weighted by Crippen LogP contribution is 2.48. The fourth-order valence-electron chi connectivity index (χ4n) is 1.89. The number of rotatable bonds is 7. The molecule has 0 bridgehead atoms. The molecular weight excluding hydrogens is 228 g/mol. The van der Waals surface area contributed by atoms with Crippen molar-refractivity contribution in [3.63, 3.8) is 0 Å². The summed E-state index contributed by atoms with van der Waals surface area (Å²) in [6, 6.07) is 0. The summed E-state index contributed by atoms with van der Waals surface area (Å²) in [7, 11) is 0. The van der Waals surface area contributed by atoms with Gasteiger partial charge in [-0.25, -0.2) is 8.78 Å². The average molecular weight is 247 g/mol. The minimum Gasteiger partial charge on any atom is -0.465 e. The number of carbonyl (C=O) groups is 1. The van der Waals surface area contributed by atoms with Gasteiger partial charge >= 0.3 is 5.97 Å². The van der Waals surface area contributed by atoms with Gasteiger partial charge in [0.15, 0.2) is 0 Å². The van der Waals surface area contributed by atoms with Gasteiger partial charge in [-0.15, -0.1) is 6.58 Å². The van der Waals surface area contributed by atoms with Crippen LogP contribution in [0.5, 0.6) is 0 Å². The van der Waals surface area contributed by atoms with E-state index < -0.39 is 23.3 Å². The molecule has 0 saturated heterocycles. The Morgan fingerprint density at radius 3 is 2.88 bits per heavy atom. The average Bonchev–Trinajstić information content (AvgIpc) is 2.87. The van der Waals surface area contributed by atoms with E-state index in [4.69, 9.17) is 10.5 Å². The van der Waals surface area contributed by atoms with Crippen molar-refractivity contribution < 1.29 is 18.3 Å². The molecular formula is C12H19F2NO2. The molecule has 17 heavy (non-hydrogen) atoms. The molecule has 1 aliphatic carbocycles. The van der Waals surface area contributed by atoms with Crippen LogP contribution in [-0.2, 0) is 9.53 Å². The van der Waals surface area contributed by atoms with Crippen LogP contribution in [0, 0.1) is 5.92 Å². The zero-order valence-corrected chi connectivity index (χ0v) is 10.0. The number of nitrogens with two attached hydrogens (primary N) is 1. The third-order valence-corrected chi connectivity index (χ3v) is 3.07. The van der Waals surface area contributed by atoms with E-state index in [1.807, 2.05) is 0 Å². The van der Waals surface area contributed by atoms with Crippen LogP contribution in [0.3, 0.4) is 0 Å². The van der Waals surface area contributed by atoms with E-state index in [0.717, 1.165) is 0 Å². The minimum atomic E-state index is -2.79. The molecule has 1 rings (SSSR count). The van der Waals surface area contributed by atoms with Gasteiger partial charge in [0.05, 0.1) is 6.61 Å². The van der Waals surface area contributed by atoms with Gasteiger partial charge in [-0.3, -0.25) is 4.79 Å². The lowest BCUT2D eigenvalue weighted by Crippen LogP contribution is -2.38. The summed E-state index contributed by atoms with van der Waals surface area (Å²) in [5, 5.41) is 0. The highest BCUT2D eigenvalue weighted by Gasteiger charge is 2.60. The van der Waals surface area contributed by atoms with Gasteiger partial charge in [-0.1, -0.05) is 6.08 Å². The van der Waals surface area contributed by atoms with Crippen molar-refractivity contribution in [2.24, 2.45) is 11.7 Å². The van der Waals surface area contributed by atoms with Crippen molar-refractivity contribution in [3.8, 4) is 0 Å². The summed E-state index contributed by atoms with van der Waals surface area (Å²) >= 11 is 0. The molecule has 0 radical (unpaired) electrons. The van der Waals surface area contributed by atoms with Crippen LogP contribution < -0.4 is 5.73 Å². The monoisotopic (exact) mass is 247 g/mol. The Hall–Kier alpha value is -0.970. The van der Waals surface area contributed by atoms with Crippen molar-refractivity contribution in [1.29, 1.82) is 0 Å². The topological polar surface area (TPSA) is 52.3 Å². The predicted molar refractivity (Wildman–Crippen MR) is 60.7 cm³/mol. The van der Waals surface area contributed by atoms with Crippen LogP contribution in [0.1, 0.15) is 32.6 Å². The van der Waals surface area contributed by atoms with E-state index in [0.29, 0.717) is 0 Å². The first-order valence-electron chi connectivity index (χ1n) is 5.80. The lowest BCUT2D eigenvalue weighted by Gasteiger charge is -2.17. The molecule has 0 heterocycles. The number of esters is 1. The first-order valence-corrected chi connectivity index (χ1v) is 5.80. The summed E-state index contributed by atoms with van der Waals surface area (Å²) in [6.45, 7) is 5.29. The largest absolute Gasteiger partial charge is 0.465 e. The zero-order valence-electron chi connectivity index (χ0n) is 10.0. The molecule has 0 spiro atoms.